The number of rotatable bonds is 6. The van der Waals surface area contributed by atoms with E-state index in [2.05, 4.69) is 43.0 Å². The van der Waals surface area contributed by atoms with Gasteiger partial charge in [0.25, 0.3) is 0 Å². The van der Waals surface area contributed by atoms with E-state index in [1.165, 1.54) is 16.7 Å². The van der Waals surface area contributed by atoms with Gasteiger partial charge in [-0.2, -0.15) is 5.10 Å². The van der Waals surface area contributed by atoms with E-state index < -0.39 is 0 Å². The fraction of sp³-hybridized carbons (Fsp3) is 0.438. The van der Waals surface area contributed by atoms with Gasteiger partial charge in [0.05, 0.1) is 12.3 Å². The molecule has 0 saturated heterocycles. The lowest BCUT2D eigenvalue weighted by atomic mass is 10.0. The first-order chi connectivity index (χ1) is 9.61. The topological polar surface area (TPSA) is 30.3 Å². The quantitative estimate of drug-likeness (QED) is 0.810. The van der Waals surface area contributed by atoms with Crippen LogP contribution in [0.2, 0.25) is 0 Å². The summed E-state index contributed by atoms with van der Waals surface area (Å²) in [6.45, 7) is 6.85. The number of aromatic nitrogens is 2. The van der Waals surface area contributed by atoms with Gasteiger partial charge in [0.2, 0.25) is 0 Å². The molecule has 2 aromatic rings. The summed E-state index contributed by atoms with van der Waals surface area (Å²) in [7, 11) is 3.85. The Bertz CT molecular complexity index is 549. The highest BCUT2D eigenvalue weighted by Gasteiger charge is 2.11. The lowest BCUT2D eigenvalue weighted by Gasteiger charge is -2.21. The van der Waals surface area contributed by atoms with Gasteiger partial charge in [-0.1, -0.05) is 6.07 Å². The van der Waals surface area contributed by atoms with Crippen molar-refractivity contribution in [2.24, 2.45) is 0 Å². The number of aryl methyl sites for hydroxylation is 2. The molecule has 1 heterocycles. The van der Waals surface area contributed by atoms with Gasteiger partial charge in [-0.3, -0.25) is 4.90 Å². The third-order valence-electron chi connectivity index (χ3n) is 3.45. The molecule has 0 fully saturated rings. The molecule has 20 heavy (non-hydrogen) atoms. The van der Waals surface area contributed by atoms with Crippen LogP contribution < -0.4 is 0 Å². The van der Waals surface area contributed by atoms with E-state index in [9.17, 15) is 0 Å². The van der Waals surface area contributed by atoms with Gasteiger partial charge in [0.15, 0.2) is 0 Å². The summed E-state index contributed by atoms with van der Waals surface area (Å²) in [5, 5.41) is 4.37. The molecule has 108 valence electrons. The van der Waals surface area contributed by atoms with Crippen LogP contribution in [-0.4, -0.2) is 42.0 Å². The molecule has 0 bridgehead atoms. The van der Waals surface area contributed by atoms with Crippen molar-refractivity contribution in [1.29, 1.82) is 0 Å². The SMILES string of the molecule is COCCN(C)Cc1c(C)cc(C)cc1-n1cccn1. The van der Waals surface area contributed by atoms with Crippen LogP contribution >= 0.6 is 0 Å². The lowest BCUT2D eigenvalue weighted by molar-refractivity contribution is 0.158. The van der Waals surface area contributed by atoms with Gasteiger partial charge in [0.1, 0.15) is 0 Å². The molecule has 0 aliphatic carbocycles. The second-order valence-electron chi connectivity index (χ2n) is 5.26. The standard InChI is InChI=1S/C16H23N3O/c1-13-10-14(2)15(12-18(3)8-9-20-4)16(11-13)19-7-5-6-17-19/h5-7,10-11H,8-9,12H2,1-4H3. The molecule has 0 atom stereocenters. The maximum Gasteiger partial charge on any atom is 0.0695 e. The molecule has 0 spiro atoms. The summed E-state index contributed by atoms with van der Waals surface area (Å²) in [5.74, 6) is 0. The van der Waals surface area contributed by atoms with Crippen molar-refractivity contribution >= 4 is 0 Å². The Morgan fingerprint density at radius 2 is 2.10 bits per heavy atom. The van der Waals surface area contributed by atoms with Crippen LogP contribution in [0.1, 0.15) is 16.7 Å². The number of likely N-dealkylation sites (N-methyl/N-ethyl adjacent to an activating group) is 1. The normalized spacial score (nSPS) is 11.2. The highest BCUT2D eigenvalue weighted by atomic mass is 16.5. The molecule has 0 aliphatic rings. The van der Waals surface area contributed by atoms with Crippen LogP contribution in [0, 0.1) is 13.8 Å². The Morgan fingerprint density at radius 1 is 1.30 bits per heavy atom. The second-order valence-corrected chi connectivity index (χ2v) is 5.26. The zero-order valence-corrected chi connectivity index (χ0v) is 12.8. The number of nitrogens with zero attached hydrogens (tertiary/aromatic N) is 3. The van der Waals surface area contributed by atoms with Crippen molar-refractivity contribution in [3.05, 3.63) is 47.3 Å². The van der Waals surface area contributed by atoms with Crippen molar-refractivity contribution < 1.29 is 4.74 Å². The van der Waals surface area contributed by atoms with E-state index in [-0.39, 0.29) is 0 Å². The maximum atomic E-state index is 5.14. The van der Waals surface area contributed by atoms with Crippen LogP contribution in [0.25, 0.3) is 5.69 Å². The first-order valence-electron chi connectivity index (χ1n) is 6.89. The summed E-state index contributed by atoms with van der Waals surface area (Å²) in [4.78, 5) is 2.27. The van der Waals surface area contributed by atoms with Crippen molar-refractivity contribution in [2.75, 3.05) is 27.3 Å². The van der Waals surface area contributed by atoms with Gasteiger partial charge in [-0.25, -0.2) is 4.68 Å². The zero-order chi connectivity index (χ0) is 14.5. The molecule has 0 radical (unpaired) electrons. The van der Waals surface area contributed by atoms with E-state index >= 15 is 0 Å². The third kappa shape index (κ3) is 3.46. The highest BCUT2D eigenvalue weighted by Crippen LogP contribution is 2.22. The van der Waals surface area contributed by atoms with Crippen molar-refractivity contribution in [1.82, 2.24) is 14.7 Å². The van der Waals surface area contributed by atoms with Crippen LogP contribution in [-0.2, 0) is 11.3 Å². The average molecular weight is 273 g/mol. The first kappa shape index (κ1) is 14.8. The first-order valence-corrected chi connectivity index (χ1v) is 6.89. The second kappa shape index (κ2) is 6.68. The minimum Gasteiger partial charge on any atom is -0.383 e. The Morgan fingerprint density at radius 3 is 2.75 bits per heavy atom. The van der Waals surface area contributed by atoms with Crippen molar-refractivity contribution in [3.8, 4) is 5.69 Å². The molecule has 0 unspecified atom stereocenters. The zero-order valence-electron chi connectivity index (χ0n) is 12.8. The van der Waals surface area contributed by atoms with Crippen molar-refractivity contribution in [2.45, 2.75) is 20.4 Å². The van der Waals surface area contributed by atoms with Crippen LogP contribution in [0.3, 0.4) is 0 Å². The Hall–Kier alpha value is -1.65. The van der Waals surface area contributed by atoms with Crippen LogP contribution in [0.5, 0.6) is 0 Å². The third-order valence-corrected chi connectivity index (χ3v) is 3.45. The Kier molecular flexibility index (Phi) is 4.93. The summed E-state index contributed by atoms with van der Waals surface area (Å²) < 4.78 is 7.09. The number of methoxy groups -OCH3 is 1. The average Bonchev–Trinajstić information content (AvgIpc) is 2.93. The molecule has 0 N–H and O–H groups in total. The lowest BCUT2D eigenvalue weighted by Crippen LogP contribution is -2.23. The predicted octanol–water partition coefficient (Wildman–Crippen LogP) is 2.57. The van der Waals surface area contributed by atoms with Gasteiger partial charge in [-0.05, 0) is 49.7 Å². The molecular formula is C16H23N3O. The molecule has 0 aliphatic heterocycles. The maximum absolute atomic E-state index is 5.14. The van der Waals surface area contributed by atoms with Crippen molar-refractivity contribution in [3.63, 3.8) is 0 Å². The van der Waals surface area contributed by atoms with E-state index in [0.29, 0.717) is 0 Å². The predicted molar refractivity (Wildman–Crippen MR) is 81.2 cm³/mol. The molecule has 4 nitrogen and oxygen atoms in total. The number of benzene rings is 1. The van der Waals surface area contributed by atoms with Gasteiger partial charge < -0.3 is 4.74 Å². The smallest absolute Gasteiger partial charge is 0.0695 e. The van der Waals surface area contributed by atoms with E-state index in [1.807, 2.05) is 23.1 Å². The molecule has 2 rings (SSSR count). The number of ether oxygens (including phenoxy) is 1. The Labute approximate surface area is 121 Å². The van der Waals surface area contributed by atoms with Gasteiger partial charge in [-0.15, -0.1) is 0 Å². The summed E-state index contributed by atoms with van der Waals surface area (Å²) in [5.41, 5.74) is 5.05. The van der Waals surface area contributed by atoms with E-state index in [4.69, 9.17) is 4.74 Å². The summed E-state index contributed by atoms with van der Waals surface area (Å²) >= 11 is 0. The van der Waals surface area contributed by atoms with E-state index in [1.54, 1.807) is 7.11 Å². The minimum absolute atomic E-state index is 0.749. The molecule has 0 saturated carbocycles. The highest BCUT2D eigenvalue weighted by molar-refractivity contribution is 5.48. The number of hydrogen-bond donors (Lipinski definition) is 0. The number of hydrogen-bond acceptors (Lipinski definition) is 3. The molecule has 1 aromatic carbocycles. The van der Waals surface area contributed by atoms with Gasteiger partial charge >= 0.3 is 0 Å². The summed E-state index contributed by atoms with van der Waals surface area (Å²) in [6.07, 6.45) is 3.81. The minimum atomic E-state index is 0.749. The molecule has 1 aromatic heterocycles. The fourth-order valence-electron chi connectivity index (χ4n) is 2.39. The monoisotopic (exact) mass is 273 g/mol. The largest absolute Gasteiger partial charge is 0.383 e. The molecule has 4 heteroatoms. The van der Waals surface area contributed by atoms with Crippen LogP contribution in [0.4, 0.5) is 0 Å². The Balaban J connectivity index is 2.31. The van der Waals surface area contributed by atoms with Gasteiger partial charge in [0, 0.05) is 32.6 Å². The molecule has 0 amide bonds. The van der Waals surface area contributed by atoms with Crippen LogP contribution in [0.15, 0.2) is 30.6 Å². The fourth-order valence-corrected chi connectivity index (χ4v) is 2.39. The molecular weight excluding hydrogens is 250 g/mol. The van der Waals surface area contributed by atoms with E-state index in [0.717, 1.165) is 25.4 Å². The summed E-state index contributed by atoms with van der Waals surface area (Å²) in [6, 6.07) is 6.38.